The van der Waals surface area contributed by atoms with Crippen LogP contribution >= 0.6 is 0 Å². The number of nitrogens with zero attached hydrogens (tertiary/aromatic N) is 1. The molecule has 168 valence electrons. The average Bonchev–Trinajstić information content (AvgIpc) is 2.80. The van der Waals surface area contributed by atoms with Crippen LogP contribution in [0.1, 0.15) is 46.7 Å². The van der Waals surface area contributed by atoms with Crippen molar-refractivity contribution in [2.75, 3.05) is 12.4 Å². The molecule has 3 rings (SSSR count). The second-order valence-corrected chi connectivity index (χ2v) is 8.26. The zero-order valence-corrected chi connectivity index (χ0v) is 19.2. The van der Waals surface area contributed by atoms with Crippen molar-refractivity contribution in [1.82, 2.24) is 4.98 Å². The second-order valence-electron chi connectivity index (χ2n) is 8.26. The number of rotatable bonds is 8. The van der Waals surface area contributed by atoms with Gasteiger partial charge in [-0.3, -0.25) is 9.78 Å². The highest BCUT2D eigenvalue weighted by Gasteiger charge is 2.21. The lowest BCUT2D eigenvalue weighted by Crippen LogP contribution is -2.18. The number of aryl methyl sites for hydroxylation is 1. The van der Waals surface area contributed by atoms with Crippen molar-refractivity contribution in [3.63, 3.8) is 0 Å². The third-order valence-corrected chi connectivity index (χ3v) is 5.42. The summed E-state index contributed by atoms with van der Waals surface area (Å²) in [6.45, 7) is 7.03. The number of carbonyl (C=O) groups excluding carboxylic acids is 1. The predicted octanol–water partition coefficient (Wildman–Crippen LogP) is 4.43. The number of ether oxygens (including phenoxy) is 1. The summed E-state index contributed by atoms with van der Waals surface area (Å²) in [5, 5.41) is 3.09. The smallest absolute Gasteiger partial charge is 0.255 e. The van der Waals surface area contributed by atoms with E-state index in [1.165, 1.54) is 0 Å². The first kappa shape index (κ1) is 23.4. The standard InChI is InChI=1S/C26H32N4O2/c1-16(2)12-23-22(15-28)24(19-10-8-18(14-27)9-11-19)25(17(3)29-23)30-26(31)20-6-5-7-21(13-20)32-4/h5-11,13,16H,12,14-15,27-28H2,1-4H3,(H,30,31). The number of hydrogen-bond donors (Lipinski definition) is 3. The minimum atomic E-state index is -0.229. The van der Waals surface area contributed by atoms with Crippen LogP contribution in [0.15, 0.2) is 48.5 Å². The fraction of sp³-hybridized carbons (Fsp3) is 0.308. The third kappa shape index (κ3) is 5.15. The van der Waals surface area contributed by atoms with Gasteiger partial charge in [-0.25, -0.2) is 0 Å². The highest BCUT2D eigenvalue weighted by Crippen LogP contribution is 2.36. The lowest BCUT2D eigenvalue weighted by atomic mass is 9.92. The third-order valence-electron chi connectivity index (χ3n) is 5.42. The molecule has 2 aromatic carbocycles. The van der Waals surface area contributed by atoms with Gasteiger partial charge in [-0.1, -0.05) is 44.2 Å². The van der Waals surface area contributed by atoms with Crippen molar-refractivity contribution in [2.24, 2.45) is 17.4 Å². The zero-order valence-electron chi connectivity index (χ0n) is 19.2. The molecule has 1 aromatic heterocycles. The molecular weight excluding hydrogens is 400 g/mol. The molecule has 0 radical (unpaired) electrons. The number of aromatic nitrogens is 1. The summed E-state index contributed by atoms with van der Waals surface area (Å²) < 4.78 is 5.26. The van der Waals surface area contributed by atoms with Gasteiger partial charge in [0.1, 0.15) is 5.75 Å². The van der Waals surface area contributed by atoms with Gasteiger partial charge in [0.25, 0.3) is 5.91 Å². The maximum Gasteiger partial charge on any atom is 0.255 e. The Kier molecular flexibility index (Phi) is 7.62. The Bertz CT molecular complexity index is 1090. The van der Waals surface area contributed by atoms with E-state index in [9.17, 15) is 4.79 Å². The number of benzene rings is 2. The van der Waals surface area contributed by atoms with Crippen LogP contribution in [-0.4, -0.2) is 18.0 Å². The Hall–Kier alpha value is -3.22. The molecule has 5 N–H and O–H groups in total. The molecule has 0 aliphatic carbocycles. The van der Waals surface area contributed by atoms with E-state index in [2.05, 4.69) is 19.2 Å². The summed E-state index contributed by atoms with van der Waals surface area (Å²) in [5.74, 6) is 0.824. The summed E-state index contributed by atoms with van der Waals surface area (Å²) in [7, 11) is 1.58. The molecule has 1 amide bonds. The van der Waals surface area contributed by atoms with E-state index in [-0.39, 0.29) is 5.91 Å². The van der Waals surface area contributed by atoms with Crippen LogP contribution < -0.4 is 21.5 Å². The van der Waals surface area contributed by atoms with Crippen LogP contribution in [0, 0.1) is 12.8 Å². The lowest BCUT2D eigenvalue weighted by molar-refractivity contribution is 0.102. The Morgan fingerprint density at radius 1 is 1.09 bits per heavy atom. The normalized spacial score (nSPS) is 11.0. The number of methoxy groups -OCH3 is 1. The van der Waals surface area contributed by atoms with Gasteiger partial charge in [-0.15, -0.1) is 0 Å². The summed E-state index contributed by atoms with van der Waals surface area (Å²) in [4.78, 5) is 18.0. The molecule has 0 spiro atoms. The van der Waals surface area contributed by atoms with Crippen LogP contribution in [0.4, 0.5) is 5.69 Å². The lowest BCUT2D eigenvalue weighted by Gasteiger charge is -2.21. The van der Waals surface area contributed by atoms with Crippen molar-refractivity contribution in [3.05, 3.63) is 76.6 Å². The van der Waals surface area contributed by atoms with E-state index in [1.807, 2.05) is 31.2 Å². The van der Waals surface area contributed by atoms with Crippen molar-refractivity contribution in [2.45, 2.75) is 40.3 Å². The molecule has 0 aliphatic heterocycles. The van der Waals surface area contributed by atoms with Gasteiger partial charge in [-0.2, -0.15) is 0 Å². The Morgan fingerprint density at radius 2 is 1.81 bits per heavy atom. The molecular formula is C26H32N4O2. The van der Waals surface area contributed by atoms with E-state index in [4.69, 9.17) is 21.2 Å². The van der Waals surface area contributed by atoms with Gasteiger partial charge in [0.05, 0.1) is 18.5 Å². The SMILES string of the molecule is COc1cccc(C(=O)Nc2c(C)nc(CC(C)C)c(CN)c2-c2ccc(CN)cc2)c1. The molecule has 1 heterocycles. The number of nitrogens with one attached hydrogen (secondary N) is 1. The fourth-order valence-electron chi connectivity index (χ4n) is 3.81. The molecule has 0 bridgehead atoms. The molecule has 32 heavy (non-hydrogen) atoms. The van der Waals surface area contributed by atoms with Crippen LogP contribution in [-0.2, 0) is 19.5 Å². The summed E-state index contributed by atoms with van der Waals surface area (Å²) in [6, 6.07) is 15.1. The zero-order chi connectivity index (χ0) is 23.3. The highest BCUT2D eigenvalue weighted by molar-refractivity contribution is 6.07. The summed E-state index contributed by atoms with van der Waals surface area (Å²) in [5.41, 5.74) is 18.8. The minimum absolute atomic E-state index is 0.229. The molecule has 0 saturated carbocycles. The number of carbonyl (C=O) groups is 1. The van der Waals surface area contributed by atoms with Gasteiger partial charge in [0, 0.05) is 29.9 Å². The van der Waals surface area contributed by atoms with E-state index in [0.717, 1.165) is 40.1 Å². The first-order valence-electron chi connectivity index (χ1n) is 10.8. The van der Waals surface area contributed by atoms with Crippen molar-refractivity contribution < 1.29 is 9.53 Å². The Labute approximate surface area is 190 Å². The largest absolute Gasteiger partial charge is 0.497 e. The topological polar surface area (TPSA) is 103 Å². The first-order valence-corrected chi connectivity index (χ1v) is 10.8. The molecule has 0 aliphatic rings. The van der Waals surface area contributed by atoms with Gasteiger partial charge >= 0.3 is 0 Å². The number of nitrogens with two attached hydrogens (primary N) is 2. The van der Waals surface area contributed by atoms with Gasteiger partial charge in [0.2, 0.25) is 0 Å². The van der Waals surface area contributed by atoms with Crippen molar-refractivity contribution >= 4 is 11.6 Å². The van der Waals surface area contributed by atoms with Crippen molar-refractivity contribution in [3.8, 4) is 16.9 Å². The second kappa shape index (κ2) is 10.4. The van der Waals surface area contributed by atoms with Gasteiger partial charge in [0.15, 0.2) is 0 Å². The number of anilines is 1. The van der Waals surface area contributed by atoms with E-state index in [1.54, 1.807) is 31.4 Å². The highest BCUT2D eigenvalue weighted by atomic mass is 16.5. The molecule has 6 heteroatoms. The average molecular weight is 433 g/mol. The van der Waals surface area contributed by atoms with Crippen LogP contribution in [0.5, 0.6) is 5.75 Å². The van der Waals surface area contributed by atoms with E-state index < -0.39 is 0 Å². The van der Waals surface area contributed by atoms with Crippen LogP contribution in [0.25, 0.3) is 11.1 Å². The Balaban J connectivity index is 2.15. The number of hydrogen-bond acceptors (Lipinski definition) is 5. The first-order chi connectivity index (χ1) is 15.4. The van der Waals surface area contributed by atoms with Gasteiger partial charge in [-0.05, 0) is 54.2 Å². The van der Waals surface area contributed by atoms with Gasteiger partial charge < -0.3 is 21.5 Å². The monoisotopic (exact) mass is 432 g/mol. The quantitative estimate of drug-likeness (QED) is 0.488. The molecule has 0 saturated heterocycles. The molecule has 0 fully saturated rings. The Morgan fingerprint density at radius 3 is 2.41 bits per heavy atom. The molecule has 0 unspecified atom stereocenters. The minimum Gasteiger partial charge on any atom is -0.497 e. The summed E-state index contributed by atoms with van der Waals surface area (Å²) >= 11 is 0. The van der Waals surface area contributed by atoms with Crippen LogP contribution in [0.2, 0.25) is 0 Å². The molecule has 3 aromatic rings. The van der Waals surface area contributed by atoms with Crippen molar-refractivity contribution in [1.29, 1.82) is 0 Å². The number of amides is 1. The molecule has 6 nitrogen and oxygen atoms in total. The van der Waals surface area contributed by atoms with E-state index >= 15 is 0 Å². The predicted molar refractivity (Wildman–Crippen MR) is 130 cm³/mol. The fourth-order valence-corrected chi connectivity index (χ4v) is 3.81. The maximum absolute atomic E-state index is 13.1. The van der Waals surface area contributed by atoms with Crippen LogP contribution in [0.3, 0.4) is 0 Å². The number of pyridine rings is 1. The summed E-state index contributed by atoms with van der Waals surface area (Å²) in [6.07, 6.45) is 0.811. The van der Waals surface area contributed by atoms with E-state index in [0.29, 0.717) is 36.0 Å². The molecule has 0 atom stereocenters. The maximum atomic E-state index is 13.1.